The number of aryl methyl sites for hydroxylation is 2. The van der Waals surface area contributed by atoms with Gasteiger partial charge in [0, 0.05) is 50.5 Å². The first-order chi connectivity index (χ1) is 20.7. The topological polar surface area (TPSA) is 108 Å². The second kappa shape index (κ2) is 10.7. The van der Waals surface area contributed by atoms with Crippen molar-refractivity contribution in [2.45, 2.75) is 50.2 Å². The Morgan fingerprint density at radius 2 is 1.72 bits per heavy atom. The zero-order valence-electron chi connectivity index (χ0n) is 25.0. The van der Waals surface area contributed by atoms with Crippen molar-refractivity contribution in [3.8, 4) is 11.3 Å². The van der Waals surface area contributed by atoms with Crippen molar-refractivity contribution in [2.24, 2.45) is 13.0 Å². The monoisotopic (exact) mass is 599 g/mol. The molecule has 6 heterocycles. The number of fused-ring (bicyclic) bond motifs is 3. The van der Waals surface area contributed by atoms with Crippen LogP contribution in [0.5, 0.6) is 0 Å². The van der Waals surface area contributed by atoms with E-state index < -0.39 is 20.3 Å². The molecule has 224 valence electrons. The maximum atomic E-state index is 12.8. The molecule has 11 heteroatoms. The van der Waals surface area contributed by atoms with Gasteiger partial charge in [-0.15, -0.1) is 5.10 Å². The Morgan fingerprint density at radius 3 is 2.40 bits per heavy atom. The molecule has 4 aromatic heterocycles. The molecule has 10 nitrogen and oxygen atoms in total. The van der Waals surface area contributed by atoms with Crippen molar-refractivity contribution < 1.29 is 13.2 Å². The fraction of sp³-hybridized carbons (Fsp3) is 0.438. The Morgan fingerprint density at radius 1 is 1.00 bits per heavy atom. The fourth-order valence-electron chi connectivity index (χ4n) is 7.01. The van der Waals surface area contributed by atoms with Gasteiger partial charge in [0.05, 0.1) is 39.0 Å². The third kappa shape index (κ3) is 4.69. The van der Waals surface area contributed by atoms with Gasteiger partial charge in [0.15, 0.2) is 9.84 Å². The molecular weight excluding hydrogens is 562 g/mol. The Balaban J connectivity index is 1.48. The summed E-state index contributed by atoms with van der Waals surface area (Å²) in [5.41, 5.74) is 6.69. The molecule has 0 amide bonds. The molecule has 2 aliphatic rings. The zero-order valence-corrected chi connectivity index (χ0v) is 25.8. The standard InChI is InChI=1S/C32H37N7O3S/c1-20-18-38(19-21(2)43(20,40)41)28-11-10-26-29-27(16-25(17-33-29)30-22(3)35-36-37(30)4)39(32(26)34-28)31(23-8-6-5-7-9-23)24-12-14-42-15-13-24/h5-11,16-17,20-21,24,31H,12-15,18-19H2,1-4H3/t20?,21?,31-/m1/s1. The van der Waals surface area contributed by atoms with E-state index in [0.29, 0.717) is 19.0 Å². The summed E-state index contributed by atoms with van der Waals surface area (Å²) in [5, 5.41) is 8.58. The van der Waals surface area contributed by atoms with E-state index in [2.05, 4.69) is 62.2 Å². The van der Waals surface area contributed by atoms with Crippen LogP contribution in [0.4, 0.5) is 5.82 Å². The van der Waals surface area contributed by atoms with Gasteiger partial charge < -0.3 is 14.2 Å². The highest BCUT2D eigenvalue weighted by Crippen LogP contribution is 2.41. The molecule has 2 saturated heterocycles. The van der Waals surface area contributed by atoms with Crippen LogP contribution in [0.1, 0.15) is 44.0 Å². The smallest absolute Gasteiger partial charge is 0.158 e. The summed E-state index contributed by atoms with van der Waals surface area (Å²) in [4.78, 5) is 12.5. The van der Waals surface area contributed by atoms with Crippen LogP contribution < -0.4 is 4.90 Å². The lowest BCUT2D eigenvalue weighted by Crippen LogP contribution is -2.50. The van der Waals surface area contributed by atoms with Gasteiger partial charge >= 0.3 is 0 Å². The third-order valence-corrected chi connectivity index (χ3v) is 11.8. The first-order valence-corrected chi connectivity index (χ1v) is 16.6. The van der Waals surface area contributed by atoms with Crippen molar-refractivity contribution in [3.05, 3.63) is 66.0 Å². The highest BCUT2D eigenvalue weighted by molar-refractivity contribution is 7.92. The van der Waals surface area contributed by atoms with Gasteiger partial charge in [-0.05, 0) is 63.3 Å². The molecule has 43 heavy (non-hydrogen) atoms. The van der Waals surface area contributed by atoms with E-state index in [1.165, 1.54) is 5.56 Å². The molecule has 2 fully saturated rings. The van der Waals surface area contributed by atoms with E-state index in [-0.39, 0.29) is 6.04 Å². The second-order valence-electron chi connectivity index (χ2n) is 12.1. The molecule has 5 aromatic rings. The van der Waals surface area contributed by atoms with Gasteiger partial charge in [0.2, 0.25) is 0 Å². The Bertz CT molecular complexity index is 1870. The van der Waals surface area contributed by atoms with E-state index in [4.69, 9.17) is 14.7 Å². The molecule has 2 aliphatic heterocycles. The highest BCUT2D eigenvalue weighted by atomic mass is 32.2. The first-order valence-electron chi connectivity index (χ1n) is 15.0. The van der Waals surface area contributed by atoms with Crippen molar-refractivity contribution in [1.82, 2.24) is 29.5 Å². The summed E-state index contributed by atoms with van der Waals surface area (Å²) in [5.74, 6) is 1.13. The number of anilines is 1. The van der Waals surface area contributed by atoms with Gasteiger partial charge in [0.25, 0.3) is 0 Å². The van der Waals surface area contributed by atoms with Crippen LogP contribution in [0, 0.1) is 12.8 Å². The van der Waals surface area contributed by atoms with Gasteiger partial charge in [-0.25, -0.2) is 18.1 Å². The van der Waals surface area contributed by atoms with Crippen molar-refractivity contribution >= 4 is 37.7 Å². The molecule has 0 bridgehead atoms. The van der Waals surface area contributed by atoms with E-state index in [0.717, 1.165) is 70.9 Å². The minimum Gasteiger partial charge on any atom is -0.381 e. The van der Waals surface area contributed by atoms with Crippen LogP contribution >= 0.6 is 0 Å². The largest absolute Gasteiger partial charge is 0.381 e. The molecule has 0 aliphatic carbocycles. The average Bonchev–Trinajstić information content (AvgIpc) is 3.52. The Hall–Kier alpha value is -3.83. The molecule has 2 unspecified atom stereocenters. The summed E-state index contributed by atoms with van der Waals surface area (Å²) in [7, 11) is -1.26. The van der Waals surface area contributed by atoms with E-state index in [1.807, 2.05) is 26.2 Å². The minimum atomic E-state index is -3.16. The Kier molecular flexibility index (Phi) is 6.97. The zero-order chi connectivity index (χ0) is 29.9. The minimum absolute atomic E-state index is 0.00948. The van der Waals surface area contributed by atoms with Crippen LogP contribution in [-0.2, 0) is 21.6 Å². The number of aromatic nitrogens is 6. The molecule has 7 rings (SSSR count). The summed E-state index contributed by atoms with van der Waals surface area (Å²) in [6, 6.07) is 17.0. The number of benzene rings is 1. The number of nitrogens with zero attached hydrogens (tertiary/aromatic N) is 7. The molecule has 3 atom stereocenters. The van der Waals surface area contributed by atoms with Crippen LogP contribution in [0.15, 0.2) is 54.7 Å². The molecule has 0 spiro atoms. The second-order valence-corrected chi connectivity index (χ2v) is 14.9. The molecule has 0 radical (unpaired) electrons. The molecular formula is C32H37N7O3S. The number of hydrogen-bond acceptors (Lipinski definition) is 8. The van der Waals surface area contributed by atoms with Crippen LogP contribution in [0.3, 0.4) is 0 Å². The number of hydrogen-bond donors (Lipinski definition) is 0. The van der Waals surface area contributed by atoms with E-state index >= 15 is 0 Å². The quantitative estimate of drug-likeness (QED) is 0.286. The summed E-state index contributed by atoms with van der Waals surface area (Å²) in [6.45, 7) is 7.85. The van der Waals surface area contributed by atoms with Crippen molar-refractivity contribution in [1.29, 1.82) is 0 Å². The van der Waals surface area contributed by atoms with Crippen molar-refractivity contribution in [3.63, 3.8) is 0 Å². The maximum Gasteiger partial charge on any atom is 0.158 e. The van der Waals surface area contributed by atoms with Crippen LogP contribution in [0.25, 0.3) is 33.3 Å². The first kappa shape index (κ1) is 28.0. The Labute approximate surface area is 251 Å². The molecule has 0 saturated carbocycles. The third-order valence-electron chi connectivity index (χ3n) is 9.27. The number of rotatable bonds is 5. The van der Waals surface area contributed by atoms with Gasteiger partial charge in [0.1, 0.15) is 11.5 Å². The number of sulfone groups is 1. The SMILES string of the molecule is Cc1nnn(C)c1-c1cnc2c3ccc(N4CC(C)S(=O)(=O)C(C)C4)nc3n([C@H](c3ccccc3)C3CCOCC3)c2c1. The lowest BCUT2D eigenvalue weighted by Gasteiger charge is -2.36. The molecule has 1 aromatic carbocycles. The summed E-state index contributed by atoms with van der Waals surface area (Å²) >= 11 is 0. The van der Waals surface area contributed by atoms with Gasteiger partial charge in [-0.3, -0.25) is 4.98 Å². The van der Waals surface area contributed by atoms with Crippen LogP contribution in [-0.4, -0.2) is 74.7 Å². The average molecular weight is 600 g/mol. The van der Waals surface area contributed by atoms with Crippen molar-refractivity contribution in [2.75, 3.05) is 31.2 Å². The molecule has 0 N–H and O–H groups in total. The maximum absolute atomic E-state index is 12.8. The van der Waals surface area contributed by atoms with Crippen LogP contribution in [0.2, 0.25) is 0 Å². The fourth-order valence-corrected chi connectivity index (χ4v) is 8.58. The number of ether oxygens (including phenoxy) is 1. The normalized spacial score (nSPS) is 21.9. The predicted molar refractivity (Wildman–Crippen MR) is 168 cm³/mol. The van der Waals surface area contributed by atoms with Gasteiger partial charge in [-0.2, -0.15) is 0 Å². The lowest BCUT2D eigenvalue weighted by atomic mass is 9.86. The van der Waals surface area contributed by atoms with Gasteiger partial charge in [-0.1, -0.05) is 35.5 Å². The van der Waals surface area contributed by atoms with E-state index in [9.17, 15) is 8.42 Å². The summed E-state index contributed by atoms with van der Waals surface area (Å²) < 4.78 is 35.6. The van der Waals surface area contributed by atoms with E-state index in [1.54, 1.807) is 18.5 Å². The number of pyridine rings is 2. The highest BCUT2D eigenvalue weighted by Gasteiger charge is 2.37. The lowest BCUT2D eigenvalue weighted by molar-refractivity contribution is 0.0552. The summed E-state index contributed by atoms with van der Waals surface area (Å²) in [6.07, 6.45) is 3.78. The predicted octanol–water partition coefficient (Wildman–Crippen LogP) is 4.72.